The Morgan fingerprint density at radius 2 is 2.37 bits per heavy atom. The summed E-state index contributed by atoms with van der Waals surface area (Å²) in [5.74, 6) is 0.310. The van der Waals surface area contributed by atoms with Crippen LogP contribution in [0.2, 0.25) is 0 Å². The molecule has 8 nitrogen and oxygen atoms in total. The number of ether oxygens (including phenoxy) is 2. The maximum atomic E-state index is 10.1. The normalized spacial score (nSPS) is 27.2. The highest BCUT2D eigenvalue weighted by Crippen LogP contribution is 2.31. The van der Waals surface area contributed by atoms with Gasteiger partial charge in [0, 0.05) is 13.5 Å². The number of anilines is 1. The third-order valence-corrected chi connectivity index (χ3v) is 3.18. The van der Waals surface area contributed by atoms with E-state index >= 15 is 0 Å². The van der Waals surface area contributed by atoms with Crippen molar-refractivity contribution in [2.45, 2.75) is 24.9 Å². The lowest BCUT2D eigenvalue weighted by Crippen LogP contribution is -2.19. The van der Waals surface area contributed by atoms with Gasteiger partial charge in [0.1, 0.15) is 17.9 Å². The molecule has 0 radical (unpaired) electrons. The minimum absolute atomic E-state index is 0.137. The van der Waals surface area contributed by atoms with E-state index in [0.717, 1.165) is 0 Å². The molecule has 0 bridgehead atoms. The first-order valence-electron chi connectivity index (χ1n) is 5.96. The Labute approximate surface area is 109 Å². The zero-order chi connectivity index (χ0) is 13.4. The molecule has 8 heteroatoms. The van der Waals surface area contributed by atoms with Crippen molar-refractivity contribution in [1.29, 1.82) is 0 Å². The van der Waals surface area contributed by atoms with E-state index in [-0.39, 0.29) is 6.10 Å². The zero-order valence-corrected chi connectivity index (χ0v) is 10.4. The molecule has 1 aliphatic heterocycles. The van der Waals surface area contributed by atoms with Crippen molar-refractivity contribution in [3.63, 3.8) is 0 Å². The summed E-state index contributed by atoms with van der Waals surface area (Å²) in [6.45, 7) is 0.442. The Balaban J connectivity index is 1.94. The second-order valence-corrected chi connectivity index (χ2v) is 4.49. The maximum absolute atomic E-state index is 10.1. The summed E-state index contributed by atoms with van der Waals surface area (Å²) >= 11 is 0. The molecule has 0 unspecified atom stereocenters. The van der Waals surface area contributed by atoms with Gasteiger partial charge in [-0.2, -0.15) is 0 Å². The molecule has 0 aliphatic carbocycles. The fourth-order valence-electron chi connectivity index (χ4n) is 2.33. The number of imidazole rings is 1. The number of aromatic nitrogens is 4. The van der Waals surface area contributed by atoms with E-state index in [1.165, 1.54) is 6.33 Å². The van der Waals surface area contributed by atoms with E-state index in [2.05, 4.69) is 15.0 Å². The van der Waals surface area contributed by atoms with Crippen LogP contribution in [-0.4, -0.2) is 50.6 Å². The molecule has 2 aromatic heterocycles. The summed E-state index contributed by atoms with van der Waals surface area (Å²) in [4.78, 5) is 12.2. The zero-order valence-electron chi connectivity index (χ0n) is 10.4. The largest absolute Gasteiger partial charge is 0.388 e. The number of hydrogen-bond donors (Lipinski definition) is 2. The average Bonchev–Trinajstić information content (AvgIpc) is 2.94. The minimum atomic E-state index is -0.631. The van der Waals surface area contributed by atoms with E-state index in [0.29, 0.717) is 30.0 Å². The number of hydrogen-bond acceptors (Lipinski definition) is 7. The molecule has 0 aromatic carbocycles. The fourth-order valence-corrected chi connectivity index (χ4v) is 2.33. The lowest BCUT2D eigenvalue weighted by molar-refractivity contribution is -0.0541. The smallest absolute Gasteiger partial charge is 0.167 e. The first-order valence-corrected chi connectivity index (χ1v) is 5.96. The molecule has 3 N–H and O–H groups in total. The van der Waals surface area contributed by atoms with Crippen molar-refractivity contribution in [3.05, 3.63) is 12.7 Å². The number of methoxy groups -OCH3 is 1. The Bertz CT molecular complexity index is 587. The van der Waals surface area contributed by atoms with Crippen LogP contribution in [0.4, 0.5) is 5.82 Å². The number of fused-ring (bicyclic) bond motifs is 1. The van der Waals surface area contributed by atoms with Crippen LogP contribution in [0.3, 0.4) is 0 Å². The van der Waals surface area contributed by atoms with Gasteiger partial charge in [0.05, 0.1) is 19.0 Å². The summed E-state index contributed by atoms with van der Waals surface area (Å²) in [7, 11) is 1.60. The number of aliphatic hydroxyl groups is 1. The lowest BCUT2D eigenvalue weighted by atomic mass is 10.2. The van der Waals surface area contributed by atoms with Crippen molar-refractivity contribution >= 4 is 17.0 Å². The van der Waals surface area contributed by atoms with Crippen LogP contribution in [0.15, 0.2) is 12.7 Å². The van der Waals surface area contributed by atoms with Crippen LogP contribution < -0.4 is 5.73 Å². The van der Waals surface area contributed by atoms with Gasteiger partial charge in [-0.1, -0.05) is 0 Å². The number of nitrogens with zero attached hydrogens (tertiary/aromatic N) is 4. The molecule has 0 saturated carbocycles. The van der Waals surface area contributed by atoms with Crippen LogP contribution in [0.5, 0.6) is 0 Å². The van der Waals surface area contributed by atoms with Gasteiger partial charge in [0.15, 0.2) is 17.7 Å². The number of nitrogens with two attached hydrogens (primary N) is 1. The first-order chi connectivity index (χ1) is 9.20. The van der Waals surface area contributed by atoms with Crippen molar-refractivity contribution in [2.75, 3.05) is 19.5 Å². The Morgan fingerprint density at radius 3 is 3.16 bits per heavy atom. The summed E-state index contributed by atoms with van der Waals surface area (Å²) in [5.41, 5.74) is 6.79. The van der Waals surface area contributed by atoms with E-state index in [1.807, 2.05) is 0 Å². The molecule has 3 heterocycles. The van der Waals surface area contributed by atoms with Gasteiger partial charge in [0.2, 0.25) is 0 Å². The molecule has 0 spiro atoms. The monoisotopic (exact) mass is 265 g/mol. The van der Waals surface area contributed by atoms with E-state index in [1.54, 1.807) is 18.0 Å². The third kappa shape index (κ3) is 2.03. The first kappa shape index (κ1) is 12.3. The topological polar surface area (TPSA) is 108 Å². The predicted octanol–water partition coefficient (Wildman–Crippen LogP) is -0.297. The van der Waals surface area contributed by atoms with Gasteiger partial charge >= 0.3 is 0 Å². The third-order valence-electron chi connectivity index (χ3n) is 3.18. The van der Waals surface area contributed by atoms with Gasteiger partial charge in [-0.15, -0.1) is 0 Å². The summed E-state index contributed by atoms with van der Waals surface area (Å²) in [6, 6.07) is 0. The van der Waals surface area contributed by atoms with Crippen molar-refractivity contribution in [3.8, 4) is 0 Å². The van der Waals surface area contributed by atoms with Gasteiger partial charge in [-0.05, 0) is 0 Å². The molecule has 0 amide bonds. The summed E-state index contributed by atoms with van der Waals surface area (Å²) < 4.78 is 12.5. The maximum Gasteiger partial charge on any atom is 0.167 e. The SMILES string of the molecule is COC[C@@H]1C[C@H](O)[C@H](n2cnc3c(N)ncnc32)O1. The van der Waals surface area contributed by atoms with Crippen molar-refractivity contribution in [1.82, 2.24) is 19.5 Å². The molecule has 19 heavy (non-hydrogen) atoms. The van der Waals surface area contributed by atoms with E-state index < -0.39 is 12.3 Å². The predicted molar refractivity (Wildman–Crippen MR) is 66.1 cm³/mol. The highest BCUT2D eigenvalue weighted by atomic mass is 16.6. The molecule has 3 rings (SSSR count). The Kier molecular flexibility index (Phi) is 3.05. The van der Waals surface area contributed by atoms with Crippen LogP contribution in [-0.2, 0) is 9.47 Å². The highest BCUT2D eigenvalue weighted by molar-refractivity contribution is 5.81. The minimum Gasteiger partial charge on any atom is -0.388 e. The molecule has 1 aliphatic rings. The van der Waals surface area contributed by atoms with Crippen molar-refractivity contribution in [2.24, 2.45) is 0 Å². The van der Waals surface area contributed by atoms with E-state index in [9.17, 15) is 5.11 Å². The average molecular weight is 265 g/mol. The quantitative estimate of drug-likeness (QED) is 0.784. The summed E-state index contributed by atoms with van der Waals surface area (Å²) in [6.07, 6.45) is 2.14. The standard InChI is InChI=1S/C11H15N5O3/c1-18-3-6-2-7(17)11(19-6)16-5-15-8-9(12)13-4-14-10(8)16/h4-7,11,17H,2-3H2,1H3,(H2,12,13,14)/t6-,7-,11+/m0/s1. The molecule has 1 fully saturated rings. The molecule has 102 valence electrons. The van der Waals surface area contributed by atoms with Gasteiger partial charge in [-0.3, -0.25) is 4.57 Å². The van der Waals surface area contributed by atoms with Gasteiger partial charge in [0.25, 0.3) is 0 Å². The second kappa shape index (κ2) is 4.72. The van der Waals surface area contributed by atoms with Crippen LogP contribution in [0, 0.1) is 0 Å². The van der Waals surface area contributed by atoms with Crippen LogP contribution in [0.25, 0.3) is 11.2 Å². The fraction of sp³-hybridized carbons (Fsp3) is 0.545. The number of rotatable bonds is 3. The number of nitrogen functional groups attached to an aromatic ring is 1. The van der Waals surface area contributed by atoms with E-state index in [4.69, 9.17) is 15.2 Å². The molecular weight excluding hydrogens is 250 g/mol. The Hall–Kier alpha value is -1.77. The van der Waals surface area contributed by atoms with Crippen LogP contribution >= 0.6 is 0 Å². The molecular formula is C11H15N5O3. The highest BCUT2D eigenvalue weighted by Gasteiger charge is 2.36. The molecule has 3 atom stereocenters. The summed E-state index contributed by atoms with van der Waals surface area (Å²) in [5, 5.41) is 10.1. The van der Waals surface area contributed by atoms with Crippen LogP contribution in [0.1, 0.15) is 12.6 Å². The number of aliphatic hydroxyl groups excluding tert-OH is 1. The second-order valence-electron chi connectivity index (χ2n) is 4.49. The molecule has 2 aromatic rings. The van der Waals surface area contributed by atoms with Gasteiger partial charge in [-0.25, -0.2) is 15.0 Å². The van der Waals surface area contributed by atoms with Crippen molar-refractivity contribution < 1.29 is 14.6 Å². The van der Waals surface area contributed by atoms with Gasteiger partial charge < -0.3 is 20.3 Å². The Morgan fingerprint density at radius 1 is 1.53 bits per heavy atom. The molecule has 1 saturated heterocycles. The lowest BCUT2D eigenvalue weighted by Gasteiger charge is -2.16.